The molecule has 4 nitrogen and oxygen atoms in total. The lowest BCUT2D eigenvalue weighted by Gasteiger charge is -2.20. The Bertz CT molecular complexity index is 324. The molecule has 0 spiro atoms. The van der Waals surface area contributed by atoms with E-state index < -0.39 is 0 Å². The van der Waals surface area contributed by atoms with Gasteiger partial charge in [-0.3, -0.25) is 0 Å². The monoisotopic (exact) mass is 242 g/mol. The third kappa shape index (κ3) is 2.79. The first kappa shape index (κ1) is 12.0. The van der Waals surface area contributed by atoms with Gasteiger partial charge in [-0.25, -0.2) is 4.98 Å². The lowest BCUT2D eigenvalue weighted by molar-refractivity contribution is -0.0901. The molecule has 1 fully saturated rings. The lowest BCUT2D eigenvalue weighted by atomic mass is 10.3. The first-order chi connectivity index (χ1) is 7.81. The Hall–Kier alpha value is -0.490. The van der Waals surface area contributed by atoms with Crippen molar-refractivity contribution >= 4 is 11.3 Å². The summed E-state index contributed by atoms with van der Waals surface area (Å²) in [6, 6.07) is 0.362. The maximum absolute atomic E-state index is 5.62. The van der Waals surface area contributed by atoms with Crippen molar-refractivity contribution in [1.82, 2.24) is 10.3 Å². The maximum Gasteiger partial charge on any atom is 0.132 e. The van der Waals surface area contributed by atoms with Crippen LogP contribution in [0.4, 0.5) is 0 Å². The average molecular weight is 242 g/mol. The second-order valence-corrected chi connectivity index (χ2v) is 4.91. The van der Waals surface area contributed by atoms with Crippen molar-refractivity contribution < 1.29 is 9.47 Å². The van der Waals surface area contributed by atoms with Gasteiger partial charge in [-0.15, -0.1) is 11.3 Å². The molecule has 2 rings (SSSR count). The van der Waals surface area contributed by atoms with Gasteiger partial charge < -0.3 is 14.8 Å². The van der Waals surface area contributed by atoms with Gasteiger partial charge in [0.2, 0.25) is 0 Å². The van der Waals surface area contributed by atoms with Gasteiger partial charge in [-0.1, -0.05) is 6.92 Å². The van der Waals surface area contributed by atoms with Crippen molar-refractivity contribution in [1.29, 1.82) is 0 Å². The van der Waals surface area contributed by atoms with Gasteiger partial charge in [0.05, 0.1) is 19.8 Å². The quantitative estimate of drug-likeness (QED) is 0.876. The molecule has 2 unspecified atom stereocenters. The molecule has 0 aliphatic carbocycles. The standard InChI is InChI=1S/C11H18N2O2S/c1-3-12-8(2)10-6-13-11(16-10)9-7-14-4-5-15-9/h6,8-9,12H,3-5,7H2,1-2H3. The molecule has 1 aromatic rings. The molecule has 2 heterocycles. The van der Waals surface area contributed by atoms with Gasteiger partial charge in [-0.05, 0) is 13.5 Å². The van der Waals surface area contributed by atoms with E-state index in [2.05, 4.69) is 24.1 Å². The Kier molecular flexibility index (Phi) is 4.29. The number of thiazole rings is 1. The predicted molar refractivity (Wildman–Crippen MR) is 63.7 cm³/mol. The van der Waals surface area contributed by atoms with Crippen molar-refractivity contribution in [3.8, 4) is 0 Å². The minimum Gasteiger partial charge on any atom is -0.376 e. The average Bonchev–Trinajstić information content (AvgIpc) is 2.80. The van der Waals surface area contributed by atoms with E-state index in [1.807, 2.05) is 6.20 Å². The highest BCUT2D eigenvalue weighted by Crippen LogP contribution is 2.28. The van der Waals surface area contributed by atoms with Crippen molar-refractivity contribution in [3.63, 3.8) is 0 Å². The van der Waals surface area contributed by atoms with Crippen LogP contribution in [0.2, 0.25) is 0 Å². The van der Waals surface area contributed by atoms with Crippen LogP contribution in [-0.4, -0.2) is 31.3 Å². The van der Waals surface area contributed by atoms with Crippen LogP contribution in [0.3, 0.4) is 0 Å². The Balaban J connectivity index is 2.00. The SMILES string of the molecule is CCNC(C)c1cnc(C2COCCO2)s1. The summed E-state index contributed by atoms with van der Waals surface area (Å²) in [4.78, 5) is 5.67. The summed E-state index contributed by atoms with van der Waals surface area (Å²) >= 11 is 1.71. The third-order valence-corrected chi connectivity index (χ3v) is 3.84. The molecule has 0 amide bonds. The second kappa shape index (κ2) is 5.72. The number of hydrogen-bond donors (Lipinski definition) is 1. The van der Waals surface area contributed by atoms with Crippen LogP contribution in [0, 0.1) is 0 Å². The summed E-state index contributed by atoms with van der Waals surface area (Å²) in [6.45, 7) is 7.22. The first-order valence-electron chi connectivity index (χ1n) is 5.69. The van der Waals surface area contributed by atoms with E-state index in [0.29, 0.717) is 25.9 Å². The first-order valence-corrected chi connectivity index (χ1v) is 6.51. The van der Waals surface area contributed by atoms with E-state index in [9.17, 15) is 0 Å². The largest absolute Gasteiger partial charge is 0.376 e. The van der Waals surface area contributed by atoms with Crippen molar-refractivity contribution in [3.05, 3.63) is 16.1 Å². The summed E-state index contributed by atoms with van der Waals surface area (Å²) < 4.78 is 11.0. The topological polar surface area (TPSA) is 43.4 Å². The van der Waals surface area contributed by atoms with Crippen LogP contribution in [-0.2, 0) is 9.47 Å². The summed E-state index contributed by atoms with van der Waals surface area (Å²) in [5.41, 5.74) is 0. The molecule has 90 valence electrons. The Morgan fingerprint density at radius 2 is 2.50 bits per heavy atom. The van der Waals surface area contributed by atoms with Crippen LogP contribution in [0.1, 0.15) is 35.9 Å². The van der Waals surface area contributed by atoms with Crippen LogP contribution < -0.4 is 5.32 Å². The molecule has 1 aromatic heterocycles. The minimum atomic E-state index is 0.0290. The molecular formula is C11H18N2O2S. The van der Waals surface area contributed by atoms with E-state index in [-0.39, 0.29) is 6.10 Å². The lowest BCUT2D eigenvalue weighted by Crippen LogP contribution is -2.21. The fourth-order valence-electron chi connectivity index (χ4n) is 1.69. The second-order valence-electron chi connectivity index (χ2n) is 3.81. The zero-order chi connectivity index (χ0) is 11.4. The van der Waals surface area contributed by atoms with Crippen LogP contribution in [0.5, 0.6) is 0 Å². The fourth-order valence-corrected chi connectivity index (χ4v) is 2.67. The zero-order valence-corrected chi connectivity index (χ0v) is 10.5. The number of aromatic nitrogens is 1. The Morgan fingerprint density at radius 1 is 1.62 bits per heavy atom. The third-order valence-electron chi connectivity index (χ3n) is 2.57. The van der Waals surface area contributed by atoms with E-state index in [4.69, 9.17) is 9.47 Å². The zero-order valence-electron chi connectivity index (χ0n) is 9.73. The molecule has 2 atom stereocenters. The van der Waals surface area contributed by atoms with Gasteiger partial charge in [0.1, 0.15) is 11.1 Å². The van der Waals surface area contributed by atoms with Gasteiger partial charge in [-0.2, -0.15) is 0 Å². The normalized spacial score (nSPS) is 23.2. The van der Waals surface area contributed by atoms with E-state index in [1.165, 1.54) is 4.88 Å². The van der Waals surface area contributed by atoms with Crippen molar-refractivity contribution in [2.24, 2.45) is 0 Å². The molecule has 5 heteroatoms. The van der Waals surface area contributed by atoms with Crippen LogP contribution >= 0.6 is 11.3 Å². The Labute approximate surface area is 100.0 Å². The molecule has 0 radical (unpaired) electrons. The van der Waals surface area contributed by atoms with Gasteiger partial charge in [0.25, 0.3) is 0 Å². The molecule has 0 saturated carbocycles. The number of rotatable bonds is 4. The van der Waals surface area contributed by atoms with Gasteiger partial charge in [0, 0.05) is 17.1 Å². The highest BCUT2D eigenvalue weighted by atomic mass is 32.1. The van der Waals surface area contributed by atoms with Crippen molar-refractivity contribution in [2.45, 2.75) is 26.0 Å². The molecule has 0 aromatic carbocycles. The highest BCUT2D eigenvalue weighted by Gasteiger charge is 2.20. The summed E-state index contributed by atoms with van der Waals surface area (Å²) in [5, 5.41) is 4.40. The number of nitrogens with one attached hydrogen (secondary N) is 1. The Morgan fingerprint density at radius 3 is 3.19 bits per heavy atom. The number of nitrogens with zero attached hydrogens (tertiary/aromatic N) is 1. The molecule has 16 heavy (non-hydrogen) atoms. The van der Waals surface area contributed by atoms with E-state index >= 15 is 0 Å². The number of ether oxygens (including phenoxy) is 2. The maximum atomic E-state index is 5.62. The summed E-state index contributed by atoms with van der Waals surface area (Å²) in [7, 11) is 0. The van der Waals surface area contributed by atoms with Gasteiger partial charge in [0.15, 0.2) is 0 Å². The summed E-state index contributed by atoms with van der Waals surface area (Å²) in [5.74, 6) is 0. The molecule has 1 aliphatic heterocycles. The minimum absolute atomic E-state index is 0.0290. The molecule has 1 aliphatic rings. The molecule has 1 saturated heterocycles. The molecular weight excluding hydrogens is 224 g/mol. The van der Waals surface area contributed by atoms with Gasteiger partial charge >= 0.3 is 0 Å². The van der Waals surface area contributed by atoms with E-state index in [1.54, 1.807) is 11.3 Å². The smallest absolute Gasteiger partial charge is 0.132 e. The van der Waals surface area contributed by atoms with E-state index in [0.717, 1.165) is 11.6 Å². The van der Waals surface area contributed by atoms with Crippen LogP contribution in [0.15, 0.2) is 6.20 Å². The summed E-state index contributed by atoms with van der Waals surface area (Å²) in [6.07, 6.45) is 1.96. The van der Waals surface area contributed by atoms with Crippen LogP contribution in [0.25, 0.3) is 0 Å². The molecule has 0 bridgehead atoms. The molecule has 1 N–H and O–H groups in total. The highest BCUT2D eigenvalue weighted by molar-refractivity contribution is 7.11. The number of hydrogen-bond acceptors (Lipinski definition) is 5. The fraction of sp³-hybridized carbons (Fsp3) is 0.727. The van der Waals surface area contributed by atoms with Crippen molar-refractivity contribution in [2.75, 3.05) is 26.4 Å². The predicted octanol–water partition coefficient (Wildman–Crippen LogP) is 1.90.